The summed E-state index contributed by atoms with van der Waals surface area (Å²) in [5, 5.41) is 6.64. The van der Waals surface area contributed by atoms with Crippen LogP contribution in [0.1, 0.15) is 26.7 Å². The predicted molar refractivity (Wildman–Crippen MR) is 110 cm³/mol. The summed E-state index contributed by atoms with van der Waals surface area (Å²) in [6, 6.07) is 15.2. The minimum absolute atomic E-state index is 0.118. The number of para-hydroxylation sites is 1. The molecular formula is C21H26ClN3O. The lowest BCUT2D eigenvalue weighted by molar-refractivity contribution is -0.116. The smallest absolute Gasteiger partial charge is 0.246 e. The van der Waals surface area contributed by atoms with Crippen molar-refractivity contribution >= 4 is 34.6 Å². The van der Waals surface area contributed by atoms with Gasteiger partial charge in [0.1, 0.15) is 6.04 Å². The quantitative estimate of drug-likeness (QED) is 0.776. The molecule has 0 saturated carbocycles. The Morgan fingerprint density at radius 1 is 1.12 bits per heavy atom. The van der Waals surface area contributed by atoms with Crippen LogP contribution in [0, 0.1) is 5.92 Å². The van der Waals surface area contributed by atoms with Crippen molar-refractivity contribution in [2.24, 2.45) is 5.92 Å². The van der Waals surface area contributed by atoms with Gasteiger partial charge in [-0.1, -0.05) is 30.7 Å². The van der Waals surface area contributed by atoms with Crippen LogP contribution >= 0.6 is 11.6 Å². The molecule has 2 aromatic carbocycles. The molecule has 1 amide bonds. The lowest BCUT2D eigenvalue weighted by Crippen LogP contribution is -2.33. The van der Waals surface area contributed by atoms with Crippen molar-refractivity contribution in [1.29, 1.82) is 0 Å². The Hall–Kier alpha value is -2.20. The van der Waals surface area contributed by atoms with Gasteiger partial charge < -0.3 is 15.5 Å². The fourth-order valence-corrected chi connectivity index (χ4v) is 3.34. The molecule has 3 rings (SSSR count). The first-order chi connectivity index (χ1) is 12.5. The molecule has 5 heteroatoms. The van der Waals surface area contributed by atoms with Gasteiger partial charge in [0.05, 0.1) is 10.7 Å². The monoisotopic (exact) mass is 371 g/mol. The van der Waals surface area contributed by atoms with Gasteiger partial charge in [0.2, 0.25) is 5.91 Å². The van der Waals surface area contributed by atoms with Crippen LogP contribution in [0.15, 0.2) is 48.5 Å². The first-order valence-corrected chi connectivity index (χ1v) is 9.57. The van der Waals surface area contributed by atoms with Crippen LogP contribution in [0.5, 0.6) is 0 Å². The number of nitrogens with one attached hydrogen (secondary N) is 2. The van der Waals surface area contributed by atoms with E-state index in [1.54, 1.807) is 12.1 Å². The first kappa shape index (κ1) is 18.6. The summed E-state index contributed by atoms with van der Waals surface area (Å²) in [4.78, 5) is 14.8. The molecular weight excluding hydrogens is 346 g/mol. The van der Waals surface area contributed by atoms with Gasteiger partial charge in [0.25, 0.3) is 0 Å². The number of benzene rings is 2. The molecule has 0 spiro atoms. The first-order valence-electron chi connectivity index (χ1n) is 9.20. The molecule has 1 fully saturated rings. The van der Waals surface area contributed by atoms with E-state index in [4.69, 9.17) is 11.6 Å². The van der Waals surface area contributed by atoms with E-state index in [2.05, 4.69) is 34.6 Å². The Morgan fingerprint density at radius 2 is 1.77 bits per heavy atom. The standard InChI is InChI=1S/C21H26ClN3O/c1-15-11-13-25(14-12-15)18-9-7-17(8-10-18)23-16(2)21(26)24-20-6-4-3-5-19(20)22/h3-10,15-16,23H,11-14H2,1-2H3,(H,24,26)/t16-/m1/s1. The Morgan fingerprint density at radius 3 is 2.42 bits per heavy atom. The molecule has 2 aromatic rings. The Kier molecular flexibility index (Phi) is 6.04. The third-order valence-electron chi connectivity index (χ3n) is 4.92. The van der Waals surface area contributed by atoms with Crippen molar-refractivity contribution in [3.05, 3.63) is 53.6 Å². The summed E-state index contributed by atoms with van der Waals surface area (Å²) in [7, 11) is 0. The predicted octanol–water partition coefficient (Wildman–Crippen LogP) is 5.02. The molecule has 1 heterocycles. The maximum atomic E-state index is 12.4. The molecule has 1 saturated heterocycles. The maximum absolute atomic E-state index is 12.4. The highest BCUT2D eigenvalue weighted by atomic mass is 35.5. The number of anilines is 3. The molecule has 1 aliphatic heterocycles. The average Bonchev–Trinajstić information content (AvgIpc) is 2.65. The Bertz CT molecular complexity index is 739. The zero-order chi connectivity index (χ0) is 18.5. The number of amides is 1. The highest BCUT2D eigenvalue weighted by molar-refractivity contribution is 6.33. The number of rotatable bonds is 5. The summed E-state index contributed by atoms with van der Waals surface area (Å²) in [5.41, 5.74) is 2.80. The number of halogens is 1. The number of piperidine rings is 1. The van der Waals surface area contributed by atoms with Gasteiger partial charge in [0, 0.05) is 24.5 Å². The zero-order valence-electron chi connectivity index (χ0n) is 15.3. The minimum atomic E-state index is -0.368. The van der Waals surface area contributed by atoms with Gasteiger partial charge in [0.15, 0.2) is 0 Å². The van der Waals surface area contributed by atoms with Crippen LogP contribution in [0.4, 0.5) is 17.1 Å². The number of hydrogen-bond donors (Lipinski definition) is 2. The Balaban J connectivity index is 1.56. The number of hydrogen-bond acceptors (Lipinski definition) is 3. The molecule has 1 atom stereocenters. The summed E-state index contributed by atoms with van der Waals surface area (Å²) in [6.45, 7) is 6.39. The van der Waals surface area contributed by atoms with Crippen molar-refractivity contribution in [3.63, 3.8) is 0 Å². The molecule has 0 aromatic heterocycles. The topological polar surface area (TPSA) is 44.4 Å². The van der Waals surface area contributed by atoms with Crippen molar-refractivity contribution < 1.29 is 4.79 Å². The molecule has 138 valence electrons. The summed E-state index contributed by atoms with van der Waals surface area (Å²) < 4.78 is 0. The lowest BCUT2D eigenvalue weighted by atomic mass is 9.99. The molecule has 0 unspecified atom stereocenters. The van der Waals surface area contributed by atoms with Gasteiger partial charge in [-0.3, -0.25) is 4.79 Å². The largest absolute Gasteiger partial charge is 0.374 e. The van der Waals surface area contributed by atoms with E-state index in [0.29, 0.717) is 10.7 Å². The number of nitrogens with zero attached hydrogens (tertiary/aromatic N) is 1. The van der Waals surface area contributed by atoms with Gasteiger partial charge in [-0.05, 0) is 62.1 Å². The second-order valence-corrected chi connectivity index (χ2v) is 7.46. The van der Waals surface area contributed by atoms with E-state index in [1.165, 1.54) is 18.5 Å². The third-order valence-corrected chi connectivity index (χ3v) is 5.25. The number of carbonyl (C=O) groups excluding carboxylic acids is 1. The van der Waals surface area contributed by atoms with E-state index >= 15 is 0 Å². The molecule has 2 N–H and O–H groups in total. The van der Waals surface area contributed by atoms with Crippen LogP contribution in [0.3, 0.4) is 0 Å². The third kappa shape index (κ3) is 4.70. The minimum Gasteiger partial charge on any atom is -0.374 e. The highest BCUT2D eigenvalue weighted by Gasteiger charge is 2.17. The summed E-state index contributed by atoms with van der Waals surface area (Å²) in [5.74, 6) is 0.705. The van der Waals surface area contributed by atoms with Gasteiger partial charge in [-0.25, -0.2) is 0 Å². The fraction of sp³-hybridized carbons (Fsp3) is 0.381. The molecule has 26 heavy (non-hydrogen) atoms. The summed E-state index contributed by atoms with van der Waals surface area (Å²) >= 11 is 6.09. The number of carbonyl (C=O) groups is 1. The average molecular weight is 372 g/mol. The van der Waals surface area contributed by atoms with Crippen LogP contribution in [-0.4, -0.2) is 25.0 Å². The second kappa shape index (κ2) is 8.45. The van der Waals surface area contributed by atoms with Gasteiger partial charge in [-0.2, -0.15) is 0 Å². The van der Waals surface area contributed by atoms with Crippen molar-refractivity contribution in [1.82, 2.24) is 0 Å². The highest BCUT2D eigenvalue weighted by Crippen LogP contribution is 2.25. The molecule has 0 aliphatic carbocycles. The molecule has 4 nitrogen and oxygen atoms in total. The van der Waals surface area contributed by atoms with Crippen LogP contribution in [-0.2, 0) is 4.79 Å². The molecule has 1 aliphatic rings. The summed E-state index contributed by atoms with van der Waals surface area (Å²) in [6.07, 6.45) is 2.50. The van der Waals surface area contributed by atoms with Crippen LogP contribution in [0.25, 0.3) is 0 Å². The van der Waals surface area contributed by atoms with Crippen molar-refractivity contribution in [2.45, 2.75) is 32.7 Å². The van der Waals surface area contributed by atoms with E-state index in [1.807, 2.05) is 31.2 Å². The van der Waals surface area contributed by atoms with Crippen LogP contribution < -0.4 is 15.5 Å². The molecule has 0 bridgehead atoms. The van der Waals surface area contributed by atoms with Crippen LogP contribution in [0.2, 0.25) is 5.02 Å². The van der Waals surface area contributed by atoms with E-state index in [0.717, 1.165) is 24.7 Å². The maximum Gasteiger partial charge on any atom is 0.246 e. The SMILES string of the molecule is CC1CCN(c2ccc(N[C@H](C)C(=O)Nc3ccccc3Cl)cc2)CC1. The normalized spacial score (nSPS) is 16.2. The van der Waals surface area contributed by atoms with Gasteiger partial charge in [-0.15, -0.1) is 0 Å². The van der Waals surface area contributed by atoms with E-state index < -0.39 is 0 Å². The van der Waals surface area contributed by atoms with E-state index in [9.17, 15) is 4.79 Å². The Labute approximate surface area is 160 Å². The molecule has 0 radical (unpaired) electrons. The fourth-order valence-electron chi connectivity index (χ4n) is 3.15. The zero-order valence-corrected chi connectivity index (χ0v) is 16.1. The lowest BCUT2D eigenvalue weighted by Gasteiger charge is -2.32. The van der Waals surface area contributed by atoms with Crippen molar-refractivity contribution in [2.75, 3.05) is 28.6 Å². The van der Waals surface area contributed by atoms with Gasteiger partial charge >= 0.3 is 0 Å². The van der Waals surface area contributed by atoms with Crippen molar-refractivity contribution in [3.8, 4) is 0 Å². The second-order valence-electron chi connectivity index (χ2n) is 7.05. The van der Waals surface area contributed by atoms with E-state index in [-0.39, 0.29) is 11.9 Å².